The van der Waals surface area contributed by atoms with Crippen LogP contribution in [0, 0.1) is 0 Å². The molecule has 0 bridgehead atoms. The highest BCUT2D eigenvalue weighted by Gasteiger charge is 2.24. The maximum absolute atomic E-state index is 10.3. The molecule has 0 aliphatic heterocycles. The predicted octanol–water partition coefficient (Wildman–Crippen LogP) is 4.16. The minimum absolute atomic E-state index is 0.00398. The molecule has 120 valence electrons. The zero-order chi connectivity index (χ0) is 16.1. The first-order chi connectivity index (χ1) is 9.71. The molecule has 0 fully saturated rings. The molecule has 1 aromatic carbocycles. The molecule has 3 nitrogen and oxygen atoms in total. The number of benzene rings is 1. The average molecular weight is 314 g/mol. The van der Waals surface area contributed by atoms with Crippen molar-refractivity contribution in [3.8, 4) is 5.75 Å². The van der Waals surface area contributed by atoms with Crippen molar-refractivity contribution in [3.63, 3.8) is 0 Å². The van der Waals surface area contributed by atoms with E-state index >= 15 is 0 Å². The number of hydrogen-bond donors (Lipinski definition) is 2. The molecule has 0 aromatic heterocycles. The van der Waals surface area contributed by atoms with Crippen molar-refractivity contribution in [2.75, 3.05) is 6.61 Å². The first-order valence-electron chi connectivity index (χ1n) is 7.58. The van der Waals surface area contributed by atoms with Gasteiger partial charge in [-0.2, -0.15) is 0 Å². The fraction of sp³-hybridized carbons (Fsp3) is 0.647. The van der Waals surface area contributed by atoms with E-state index in [0.717, 1.165) is 11.3 Å². The van der Waals surface area contributed by atoms with Crippen LogP contribution >= 0.6 is 11.6 Å². The van der Waals surface area contributed by atoms with Gasteiger partial charge in [0, 0.05) is 22.7 Å². The number of nitrogens with one attached hydrogen (secondary N) is 1. The molecular weight excluding hydrogens is 286 g/mol. The Morgan fingerprint density at radius 2 is 1.81 bits per heavy atom. The third kappa shape index (κ3) is 5.85. The number of hydrogen-bond acceptors (Lipinski definition) is 3. The van der Waals surface area contributed by atoms with Crippen LogP contribution in [-0.2, 0) is 6.54 Å². The highest BCUT2D eigenvalue weighted by atomic mass is 35.5. The fourth-order valence-corrected chi connectivity index (χ4v) is 2.10. The van der Waals surface area contributed by atoms with Crippen molar-refractivity contribution >= 4 is 11.6 Å². The van der Waals surface area contributed by atoms with Crippen LogP contribution in [0.15, 0.2) is 18.2 Å². The molecule has 4 heteroatoms. The van der Waals surface area contributed by atoms with Crippen LogP contribution in [0.5, 0.6) is 5.75 Å². The monoisotopic (exact) mass is 313 g/mol. The molecule has 0 unspecified atom stereocenters. The summed E-state index contributed by atoms with van der Waals surface area (Å²) in [5.74, 6) is 0.736. The van der Waals surface area contributed by atoms with Crippen molar-refractivity contribution in [3.05, 3.63) is 28.8 Å². The molecule has 1 rings (SSSR count). The maximum atomic E-state index is 10.3. The van der Waals surface area contributed by atoms with Crippen molar-refractivity contribution in [2.45, 2.75) is 65.1 Å². The van der Waals surface area contributed by atoms with Crippen LogP contribution in [0.2, 0.25) is 5.02 Å². The molecule has 0 aliphatic carbocycles. The summed E-state index contributed by atoms with van der Waals surface area (Å²) in [7, 11) is 0. The molecule has 0 radical (unpaired) electrons. The predicted molar refractivity (Wildman–Crippen MR) is 89.1 cm³/mol. The Labute approximate surface area is 133 Å². The van der Waals surface area contributed by atoms with E-state index in [0.29, 0.717) is 24.4 Å². The van der Waals surface area contributed by atoms with E-state index in [9.17, 15) is 5.11 Å². The summed E-state index contributed by atoms with van der Waals surface area (Å²) in [6.07, 6.45) is 1.33. The van der Waals surface area contributed by atoms with Gasteiger partial charge in [0.05, 0.1) is 5.60 Å². The lowest BCUT2D eigenvalue weighted by Gasteiger charge is -2.27. The Morgan fingerprint density at radius 1 is 1.19 bits per heavy atom. The Hall–Kier alpha value is -0.770. The van der Waals surface area contributed by atoms with E-state index in [4.69, 9.17) is 16.3 Å². The lowest BCUT2D eigenvalue weighted by Crippen LogP contribution is -2.36. The quantitative estimate of drug-likeness (QED) is 0.794. The fourth-order valence-electron chi connectivity index (χ4n) is 1.87. The maximum Gasteiger partial charge on any atom is 0.125 e. The minimum atomic E-state index is -0.781. The number of halogens is 1. The lowest BCUT2D eigenvalue weighted by molar-refractivity contribution is -0.0116. The Kier molecular flexibility index (Phi) is 6.51. The Morgan fingerprint density at radius 3 is 2.33 bits per heavy atom. The smallest absolute Gasteiger partial charge is 0.125 e. The lowest BCUT2D eigenvalue weighted by atomic mass is 9.99. The number of rotatable bonds is 7. The normalized spacial score (nSPS) is 12.5. The molecule has 0 heterocycles. The van der Waals surface area contributed by atoms with Gasteiger partial charge >= 0.3 is 0 Å². The molecule has 0 aliphatic rings. The van der Waals surface area contributed by atoms with E-state index in [1.54, 1.807) is 0 Å². The summed E-state index contributed by atoms with van der Waals surface area (Å²) in [6, 6.07) is 5.63. The summed E-state index contributed by atoms with van der Waals surface area (Å²) in [4.78, 5) is 0. The van der Waals surface area contributed by atoms with Gasteiger partial charge in [-0.1, -0.05) is 31.5 Å². The second-order valence-corrected chi connectivity index (χ2v) is 6.95. The summed E-state index contributed by atoms with van der Waals surface area (Å²) in [6.45, 7) is 11.2. The Bertz CT molecular complexity index is 451. The van der Waals surface area contributed by atoms with Gasteiger partial charge in [-0.15, -0.1) is 0 Å². The van der Waals surface area contributed by atoms with E-state index in [2.05, 4.69) is 26.1 Å². The standard InChI is InChI=1S/C17H28ClNO2/c1-6-17(20,7-2)12-21-15-10-8-9-14(18)13(15)11-19-16(3,4)5/h8-10,19-20H,6-7,11-12H2,1-5H3. The second-order valence-electron chi connectivity index (χ2n) is 6.54. The van der Waals surface area contributed by atoms with Gasteiger partial charge in [0.15, 0.2) is 0 Å². The molecule has 1 aromatic rings. The summed E-state index contributed by atoms with van der Waals surface area (Å²) in [5.41, 5.74) is 0.157. The SMILES string of the molecule is CCC(O)(CC)COc1cccc(Cl)c1CNC(C)(C)C. The van der Waals surface area contributed by atoms with Crippen LogP contribution in [0.3, 0.4) is 0 Å². The Balaban J connectivity index is 2.85. The third-order valence-electron chi connectivity index (χ3n) is 3.68. The van der Waals surface area contributed by atoms with Crippen molar-refractivity contribution in [1.29, 1.82) is 0 Å². The molecule has 0 atom stereocenters. The number of ether oxygens (including phenoxy) is 1. The third-order valence-corrected chi connectivity index (χ3v) is 4.04. The average Bonchev–Trinajstić information content (AvgIpc) is 2.42. The molecule has 2 N–H and O–H groups in total. The molecule has 0 saturated heterocycles. The van der Waals surface area contributed by atoms with E-state index < -0.39 is 5.60 Å². The van der Waals surface area contributed by atoms with Gasteiger partial charge in [0.25, 0.3) is 0 Å². The highest BCUT2D eigenvalue weighted by molar-refractivity contribution is 6.31. The van der Waals surface area contributed by atoms with Gasteiger partial charge in [-0.3, -0.25) is 0 Å². The van der Waals surface area contributed by atoms with Gasteiger partial charge in [-0.25, -0.2) is 0 Å². The van der Waals surface area contributed by atoms with Gasteiger partial charge in [0.2, 0.25) is 0 Å². The van der Waals surface area contributed by atoms with Crippen molar-refractivity contribution < 1.29 is 9.84 Å². The van der Waals surface area contributed by atoms with Crippen LogP contribution < -0.4 is 10.1 Å². The van der Waals surface area contributed by atoms with Gasteiger partial charge in [-0.05, 0) is 45.7 Å². The van der Waals surface area contributed by atoms with Gasteiger partial charge in [0.1, 0.15) is 12.4 Å². The van der Waals surface area contributed by atoms with Crippen LogP contribution in [0.25, 0.3) is 0 Å². The molecule has 0 spiro atoms. The van der Waals surface area contributed by atoms with Crippen LogP contribution in [0.4, 0.5) is 0 Å². The van der Waals surface area contributed by atoms with E-state index in [1.165, 1.54) is 0 Å². The summed E-state index contributed by atoms with van der Waals surface area (Å²) in [5, 5.41) is 14.4. The molecule has 0 saturated carbocycles. The topological polar surface area (TPSA) is 41.5 Å². The number of aliphatic hydroxyl groups is 1. The highest BCUT2D eigenvalue weighted by Crippen LogP contribution is 2.28. The summed E-state index contributed by atoms with van der Waals surface area (Å²) < 4.78 is 5.86. The first-order valence-corrected chi connectivity index (χ1v) is 7.96. The van der Waals surface area contributed by atoms with Gasteiger partial charge < -0.3 is 15.2 Å². The zero-order valence-corrected chi connectivity index (χ0v) is 14.5. The molecule has 0 amide bonds. The molecule has 21 heavy (non-hydrogen) atoms. The summed E-state index contributed by atoms with van der Waals surface area (Å²) >= 11 is 6.29. The van der Waals surface area contributed by atoms with E-state index in [1.807, 2.05) is 32.0 Å². The molecular formula is C17H28ClNO2. The van der Waals surface area contributed by atoms with E-state index in [-0.39, 0.29) is 12.1 Å². The second kappa shape index (κ2) is 7.48. The minimum Gasteiger partial charge on any atom is -0.490 e. The largest absolute Gasteiger partial charge is 0.490 e. The van der Waals surface area contributed by atoms with Crippen molar-refractivity contribution in [2.24, 2.45) is 0 Å². The van der Waals surface area contributed by atoms with Crippen LogP contribution in [0.1, 0.15) is 53.0 Å². The van der Waals surface area contributed by atoms with Crippen molar-refractivity contribution in [1.82, 2.24) is 5.32 Å². The first kappa shape index (κ1) is 18.3. The zero-order valence-electron chi connectivity index (χ0n) is 13.8. The van der Waals surface area contributed by atoms with Crippen LogP contribution in [-0.4, -0.2) is 22.9 Å².